The summed E-state index contributed by atoms with van der Waals surface area (Å²) in [5, 5.41) is 0.759. The molecule has 2 aliphatic heterocycles. The molecule has 4 rings (SSSR count). The number of quaternary nitrogens is 1. The molecule has 0 saturated carbocycles. The summed E-state index contributed by atoms with van der Waals surface area (Å²) in [4.78, 5) is 30.0. The predicted octanol–water partition coefficient (Wildman–Crippen LogP) is 1.38. The van der Waals surface area contributed by atoms with E-state index in [0.29, 0.717) is 18.7 Å². The molecule has 1 saturated heterocycles. The normalized spacial score (nSPS) is 17.1. The summed E-state index contributed by atoms with van der Waals surface area (Å²) < 4.78 is 5.46. The molecular formula is C22H25ClN3O3+. The SMILES string of the molecule is O=C(CCN1C(=O)COc2ccccc21)N1CC[NH+](Cc2cccc(Cl)c2)CC1. The number of ether oxygens (including phenoxy) is 1. The number of carbonyl (C=O) groups excluding carboxylic acids is 2. The molecule has 6 nitrogen and oxygen atoms in total. The third-order valence-corrected chi connectivity index (χ3v) is 5.76. The minimum Gasteiger partial charge on any atom is -0.482 e. The number of nitrogens with one attached hydrogen (secondary N) is 1. The number of anilines is 1. The molecule has 2 amide bonds. The van der Waals surface area contributed by atoms with Crippen LogP contribution in [0.1, 0.15) is 12.0 Å². The lowest BCUT2D eigenvalue weighted by atomic mass is 10.2. The minimum atomic E-state index is -0.104. The first kappa shape index (κ1) is 19.7. The molecule has 1 fully saturated rings. The Morgan fingerprint density at radius 3 is 2.69 bits per heavy atom. The first-order chi connectivity index (χ1) is 14.1. The second-order valence-electron chi connectivity index (χ2n) is 7.49. The number of para-hydroxylation sites is 2. The molecule has 29 heavy (non-hydrogen) atoms. The number of hydrogen-bond acceptors (Lipinski definition) is 3. The molecule has 0 radical (unpaired) electrons. The summed E-state index contributed by atoms with van der Waals surface area (Å²) in [7, 11) is 0. The van der Waals surface area contributed by atoms with Gasteiger partial charge >= 0.3 is 0 Å². The van der Waals surface area contributed by atoms with E-state index in [0.717, 1.165) is 43.4 Å². The van der Waals surface area contributed by atoms with Gasteiger partial charge in [0.25, 0.3) is 5.91 Å². The molecule has 0 unspecified atom stereocenters. The molecule has 2 heterocycles. The Bertz CT molecular complexity index is 896. The van der Waals surface area contributed by atoms with Gasteiger partial charge in [-0.25, -0.2) is 0 Å². The predicted molar refractivity (Wildman–Crippen MR) is 111 cm³/mol. The lowest BCUT2D eigenvalue weighted by Crippen LogP contribution is -3.13. The van der Waals surface area contributed by atoms with Gasteiger partial charge in [0.05, 0.1) is 31.9 Å². The average molecular weight is 415 g/mol. The Balaban J connectivity index is 1.28. The van der Waals surface area contributed by atoms with Crippen LogP contribution in [0.4, 0.5) is 5.69 Å². The second kappa shape index (κ2) is 8.84. The molecule has 0 aliphatic carbocycles. The highest BCUT2D eigenvalue weighted by molar-refractivity contribution is 6.30. The van der Waals surface area contributed by atoms with Crippen molar-refractivity contribution in [2.24, 2.45) is 0 Å². The van der Waals surface area contributed by atoms with Crippen LogP contribution in [0, 0.1) is 0 Å². The highest BCUT2D eigenvalue weighted by Gasteiger charge is 2.28. The molecule has 2 aromatic rings. The van der Waals surface area contributed by atoms with E-state index >= 15 is 0 Å². The van der Waals surface area contributed by atoms with Crippen LogP contribution in [0.2, 0.25) is 5.02 Å². The Kier molecular flexibility index (Phi) is 6.02. The molecule has 7 heteroatoms. The molecule has 2 aliphatic rings. The van der Waals surface area contributed by atoms with E-state index < -0.39 is 0 Å². The third-order valence-electron chi connectivity index (χ3n) is 5.52. The maximum Gasteiger partial charge on any atom is 0.265 e. The van der Waals surface area contributed by atoms with Crippen molar-refractivity contribution in [2.45, 2.75) is 13.0 Å². The molecule has 0 atom stereocenters. The number of amides is 2. The first-order valence-corrected chi connectivity index (χ1v) is 10.4. The monoisotopic (exact) mass is 414 g/mol. The Hall–Kier alpha value is -2.57. The highest BCUT2D eigenvalue weighted by Crippen LogP contribution is 2.31. The van der Waals surface area contributed by atoms with Gasteiger partial charge in [-0.2, -0.15) is 0 Å². The van der Waals surface area contributed by atoms with E-state index in [4.69, 9.17) is 16.3 Å². The first-order valence-electron chi connectivity index (χ1n) is 9.98. The maximum atomic E-state index is 12.7. The summed E-state index contributed by atoms with van der Waals surface area (Å²) in [6.45, 7) is 4.63. The fourth-order valence-corrected chi connectivity index (χ4v) is 4.16. The van der Waals surface area contributed by atoms with Gasteiger partial charge in [-0.3, -0.25) is 9.59 Å². The summed E-state index contributed by atoms with van der Waals surface area (Å²) >= 11 is 6.07. The van der Waals surface area contributed by atoms with E-state index in [-0.39, 0.29) is 18.4 Å². The van der Waals surface area contributed by atoms with E-state index in [9.17, 15) is 9.59 Å². The van der Waals surface area contributed by atoms with Gasteiger partial charge in [0.2, 0.25) is 5.91 Å². The fraction of sp³-hybridized carbons (Fsp3) is 0.364. The molecule has 152 valence electrons. The van der Waals surface area contributed by atoms with Crippen LogP contribution in [0.25, 0.3) is 0 Å². The van der Waals surface area contributed by atoms with Crippen molar-refractivity contribution in [3.05, 3.63) is 59.1 Å². The van der Waals surface area contributed by atoms with Crippen molar-refractivity contribution in [3.63, 3.8) is 0 Å². The van der Waals surface area contributed by atoms with Crippen LogP contribution in [0.5, 0.6) is 5.75 Å². The van der Waals surface area contributed by atoms with Gasteiger partial charge < -0.3 is 19.4 Å². The number of rotatable bonds is 5. The summed E-state index contributed by atoms with van der Waals surface area (Å²) in [5.41, 5.74) is 1.96. The zero-order valence-corrected chi connectivity index (χ0v) is 17.0. The average Bonchev–Trinajstić information content (AvgIpc) is 2.73. The smallest absolute Gasteiger partial charge is 0.265 e. The minimum absolute atomic E-state index is 0.0245. The van der Waals surface area contributed by atoms with Gasteiger partial charge in [-0.15, -0.1) is 0 Å². The summed E-state index contributed by atoms with van der Waals surface area (Å²) in [6.07, 6.45) is 0.323. The number of carbonyl (C=O) groups is 2. The zero-order chi connectivity index (χ0) is 20.2. The fourth-order valence-electron chi connectivity index (χ4n) is 3.95. The standard InChI is InChI=1S/C22H24ClN3O3/c23-18-5-3-4-17(14-18)15-24-10-12-25(13-11-24)21(27)8-9-26-19-6-1-2-7-20(19)29-16-22(26)28/h1-7,14H,8-13,15-16H2/p+1. The van der Waals surface area contributed by atoms with E-state index in [1.165, 1.54) is 10.5 Å². The lowest BCUT2D eigenvalue weighted by molar-refractivity contribution is -0.917. The molecule has 0 spiro atoms. The van der Waals surface area contributed by atoms with Crippen LogP contribution in [0.3, 0.4) is 0 Å². The summed E-state index contributed by atoms with van der Waals surface area (Å²) in [5.74, 6) is 0.689. The van der Waals surface area contributed by atoms with Crippen molar-refractivity contribution in [3.8, 4) is 5.75 Å². The number of nitrogens with zero attached hydrogens (tertiary/aromatic N) is 2. The van der Waals surface area contributed by atoms with Crippen LogP contribution in [0.15, 0.2) is 48.5 Å². The number of fused-ring (bicyclic) bond motifs is 1. The second-order valence-corrected chi connectivity index (χ2v) is 7.93. The Morgan fingerprint density at radius 1 is 1.10 bits per heavy atom. The lowest BCUT2D eigenvalue weighted by Gasteiger charge is -2.33. The van der Waals surface area contributed by atoms with Gasteiger partial charge in [0.1, 0.15) is 12.3 Å². The Labute approximate surface area is 175 Å². The Morgan fingerprint density at radius 2 is 1.90 bits per heavy atom. The van der Waals surface area contributed by atoms with Crippen molar-refractivity contribution in [1.82, 2.24) is 4.90 Å². The van der Waals surface area contributed by atoms with E-state index in [1.54, 1.807) is 4.90 Å². The van der Waals surface area contributed by atoms with Crippen LogP contribution in [-0.4, -0.2) is 56.0 Å². The van der Waals surface area contributed by atoms with Gasteiger partial charge in [0.15, 0.2) is 6.61 Å². The van der Waals surface area contributed by atoms with Gasteiger partial charge in [-0.05, 0) is 24.3 Å². The summed E-state index contributed by atoms with van der Waals surface area (Å²) in [6, 6.07) is 15.4. The quantitative estimate of drug-likeness (QED) is 0.804. The van der Waals surface area contributed by atoms with Crippen LogP contribution < -0.4 is 14.5 Å². The van der Waals surface area contributed by atoms with Crippen LogP contribution in [-0.2, 0) is 16.1 Å². The number of halogens is 1. The van der Waals surface area contributed by atoms with Crippen molar-refractivity contribution < 1.29 is 19.2 Å². The van der Waals surface area contributed by atoms with E-state index in [2.05, 4.69) is 6.07 Å². The topological polar surface area (TPSA) is 54.3 Å². The molecular weight excluding hydrogens is 390 g/mol. The van der Waals surface area contributed by atoms with E-state index in [1.807, 2.05) is 47.4 Å². The highest BCUT2D eigenvalue weighted by atomic mass is 35.5. The van der Waals surface area contributed by atoms with Crippen molar-refractivity contribution in [2.75, 3.05) is 44.2 Å². The third kappa shape index (κ3) is 4.71. The maximum absolute atomic E-state index is 12.7. The molecule has 2 aromatic carbocycles. The van der Waals surface area contributed by atoms with Crippen molar-refractivity contribution in [1.29, 1.82) is 0 Å². The number of benzene rings is 2. The molecule has 0 bridgehead atoms. The number of hydrogen-bond donors (Lipinski definition) is 1. The molecule has 1 N–H and O–H groups in total. The molecule has 0 aromatic heterocycles. The van der Waals surface area contributed by atoms with Crippen LogP contribution >= 0.6 is 11.6 Å². The van der Waals surface area contributed by atoms with Gasteiger partial charge in [-0.1, -0.05) is 35.9 Å². The van der Waals surface area contributed by atoms with Crippen molar-refractivity contribution >= 4 is 29.1 Å². The number of piperazine rings is 1. The zero-order valence-electron chi connectivity index (χ0n) is 16.3. The van der Waals surface area contributed by atoms with Gasteiger partial charge in [0, 0.05) is 23.6 Å². The largest absolute Gasteiger partial charge is 0.482 e.